The van der Waals surface area contributed by atoms with Gasteiger partial charge in [0.25, 0.3) is 0 Å². The maximum atomic E-state index is 13.3. The molecule has 1 N–H and O–H groups in total. The summed E-state index contributed by atoms with van der Waals surface area (Å²) in [6.45, 7) is 22.0. The van der Waals surface area contributed by atoms with Crippen LogP contribution in [-0.4, -0.2) is 29.8 Å². The Morgan fingerprint density at radius 3 is 2.22 bits per heavy atom. The fourth-order valence-electron chi connectivity index (χ4n) is 9.60. The van der Waals surface area contributed by atoms with Crippen molar-refractivity contribution in [3.8, 4) is 0 Å². The number of hydrogen-bond acceptors (Lipinski definition) is 5. The molecular formula is C36H58O5. The van der Waals surface area contributed by atoms with E-state index < -0.39 is 10.8 Å². The van der Waals surface area contributed by atoms with Gasteiger partial charge >= 0.3 is 5.97 Å². The average Bonchev–Trinajstić information content (AvgIpc) is 2.87. The molecule has 5 heteroatoms. The zero-order valence-corrected chi connectivity index (χ0v) is 28.0. The molecular weight excluding hydrogens is 512 g/mol. The highest BCUT2D eigenvalue weighted by Gasteiger charge is 2.62. The van der Waals surface area contributed by atoms with Crippen molar-refractivity contribution in [1.82, 2.24) is 0 Å². The number of rotatable bonds is 8. The van der Waals surface area contributed by atoms with Gasteiger partial charge in [0.1, 0.15) is 0 Å². The Kier molecular flexibility index (Phi) is 9.26. The predicted octanol–water partition coefficient (Wildman–Crippen LogP) is 8.96. The lowest BCUT2D eigenvalue weighted by Gasteiger charge is -2.63. The minimum absolute atomic E-state index is 0.0225. The largest absolute Gasteiger partial charge is 0.515 e. The Hall–Kier alpha value is -1.91. The number of fused-ring (bicyclic) bond motifs is 1. The first kappa shape index (κ1) is 33.6. The first-order valence-electron chi connectivity index (χ1n) is 15.9. The van der Waals surface area contributed by atoms with Crippen LogP contribution in [0.3, 0.4) is 0 Å². The molecule has 0 spiro atoms. The number of esters is 1. The van der Waals surface area contributed by atoms with Gasteiger partial charge in [0.2, 0.25) is 0 Å². The summed E-state index contributed by atoms with van der Waals surface area (Å²) in [5.41, 5.74) is 0.560. The van der Waals surface area contributed by atoms with E-state index in [4.69, 9.17) is 4.74 Å². The lowest BCUT2D eigenvalue weighted by atomic mass is 9.40. The van der Waals surface area contributed by atoms with Crippen molar-refractivity contribution in [3.63, 3.8) is 0 Å². The Morgan fingerprint density at radius 2 is 1.68 bits per heavy atom. The molecule has 0 aliphatic heterocycles. The normalized spacial score (nSPS) is 37.1. The summed E-state index contributed by atoms with van der Waals surface area (Å²) < 4.78 is 5.05. The topological polar surface area (TPSA) is 80.7 Å². The third-order valence-corrected chi connectivity index (χ3v) is 12.7. The van der Waals surface area contributed by atoms with Crippen LogP contribution in [0.15, 0.2) is 23.5 Å². The smallest absolute Gasteiger partial charge is 0.305 e. The van der Waals surface area contributed by atoms with Gasteiger partial charge in [0, 0.05) is 17.4 Å². The minimum atomic E-state index is -0.620. The number of ketones is 2. The van der Waals surface area contributed by atoms with Gasteiger partial charge in [-0.1, -0.05) is 67.9 Å². The molecule has 0 bridgehead atoms. The van der Waals surface area contributed by atoms with Crippen molar-refractivity contribution in [3.05, 3.63) is 23.5 Å². The van der Waals surface area contributed by atoms with Gasteiger partial charge in [-0.2, -0.15) is 0 Å². The van der Waals surface area contributed by atoms with Crippen LogP contribution in [0.1, 0.15) is 133 Å². The minimum Gasteiger partial charge on any atom is -0.515 e. The molecule has 0 heterocycles. The molecule has 232 valence electrons. The molecule has 0 aromatic rings. The molecule has 0 radical (unpaired) electrons. The average molecular weight is 571 g/mol. The lowest BCUT2D eigenvalue weighted by Crippen LogP contribution is -2.57. The number of aliphatic hydroxyl groups excluding tert-OH is 1. The molecule has 3 fully saturated rings. The first-order valence-corrected chi connectivity index (χ1v) is 15.9. The van der Waals surface area contributed by atoms with Crippen molar-refractivity contribution >= 4 is 17.5 Å². The SMILES string of the molecule is COC(=O)CC[C@]1(CCC(C)(C)[C@]2(C)CC[C@H]3C(C)(C)C(=O)/C(=C\O)C[C@]3(C)/C2=C/C(C)=O)CCC(C)(C)CC1C. The lowest BCUT2D eigenvalue weighted by molar-refractivity contribution is -0.142. The van der Waals surface area contributed by atoms with Crippen LogP contribution in [0.4, 0.5) is 0 Å². The van der Waals surface area contributed by atoms with Gasteiger partial charge in [0.15, 0.2) is 11.6 Å². The summed E-state index contributed by atoms with van der Waals surface area (Å²) in [5.74, 6) is 0.517. The van der Waals surface area contributed by atoms with E-state index in [1.54, 1.807) is 6.92 Å². The quantitative estimate of drug-likeness (QED) is 0.179. The van der Waals surface area contributed by atoms with E-state index >= 15 is 0 Å². The number of aliphatic hydroxyl groups is 1. The van der Waals surface area contributed by atoms with Crippen LogP contribution >= 0.6 is 0 Å². The van der Waals surface area contributed by atoms with Gasteiger partial charge < -0.3 is 9.84 Å². The van der Waals surface area contributed by atoms with E-state index in [0.29, 0.717) is 29.7 Å². The molecule has 0 aromatic heterocycles. The molecule has 3 aliphatic rings. The Morgan fingerprint density at radius 1 is 1.05 bits per heavy atom. The van der Waals surface area contributed by atoms with E-state index in [2.05, 4.69) is 48.5 Å². The maximum absolute atomic E-state index is 13.3. The highest BCUT2D eigenvalue weighted by Crippen LogP contribution is 2.68. The second kappa shape index (κ2) is 11.3. The maximum Gasteiger partial charge on any atom is 0.305 e. The van der Waals surface area contributed by atoms with Gasteiger partial charge in [-0.3, -0.25) is 14.4 Å². The second-order valence-corrected chi connectivity index (χ2v) is 16.5. The van der Waals surface area contributed by atoms with E-state index in [1.807, 2.05) is 19.9 Å². The summed E-state index contributed by atoms with van der Waals surface area (Å²) >= 11 is 0. The first-order chi connectivity index (χ1) is 18.7. The zero-order chi connectivity index (χ0) is 31.2. The number of Topliss-reactive ketones (excluding diaryl/α,β-unsaturated/α-hetero) is 1. The van der Waals surface area contributed by atoms with Gasteiger partial charge in [-0.25, -0.2) is 0 Å². The van der Waals surface area contributed by atoms with Crippen molar-refractivity contribution in [2.45, 2.75) is 133 Å². The third kappa shape index (κ3) is 5.98. The van der Waals surface area contributed by atoms with Crippen LogP contribution in [0, 0.1) is 44.3 Å². The van der Waals surface area contributed by atoms with Crippen LogP contribution in [0.2, 0.25) is 0 Å². The molecule has 5 atom stereocenters. The van der Waals surface area contributed by atoms with Crippen LogP contribution in [0.5, 0.6) is 0 Å². The van der Waals surface area contributed by atoms with Gasteiger partial charge in [-0.15, -0.1) is 0 Å². The third-order valence-electron chi connectivity index (χ3n) is 12.7. The van der Waals surface area contributed by atoms with Gasteiger partial charge in [0.05, 0.1) is 13.4 Å². The fourth-order valence-corrected chi connectivity index (χ4v) is 9.60. The number of methoxy groups -OCH3 is 1. The number of carbonyl (C=O) groups is 3. The standard InChI is InChI=1S/C36H58O5/c1-24-21-31(3,4)16-18-36(24,15-13-29(39)41-11)19-17-32(5,6)35(10)14-12-27-33(7,8)30(40)26(23-37)22-34(27,9)28(35)20-25(2)38/h20,23-24,27,37H,12-19,21-22H2,1-11H3/b26-23-,28-20-/t24?,27-,34-,35+,36+/m0/s1. The second-order valence-electron chi connectivity index (χ2n) is 16.5. The Labute approximate surface area is 250 Å². The summed E-state index contributed by atoms with van der Waals surface area (Å²) in [7, 11) is 1.48. The number of ether oxygens (including phenoxy) is 1. The van der Waals surface area contributed by atoms with E-state index in [-0.39, 0.29) is 39.7 Å². The fraction of sp³-hybridized carbons (Fsp3) is 0.806. The van der Waals surface area contributed by atoms with Crippen molar-refractivity contribution in [1.29, 1.82) is 0 Å². The molecule has 0 saturated heterocycles. The van der Waals surface area contributed by atoms with Crippen molar-refractivity contribution in [2.75, 3.05) is 7.11 Å². The van der Waals surface area contributed by atoms with E-state index in [9.17, 15) is 19.5 Å². The zero-order valence-electron chi connectivity index (χ0n) is 28.0. The number of carbonyl (C=O) groups excluding carboxylic acids is 3. The highest BCUT2D eigenvalue weighted by atomic mass is 16.5. The summed E-state index contributed by atoms with van der Waals surface area (Å²) in [6, 6.07) is 0. The van der Waals surface area contributed by atoms with Crippen LogP contribution < -0.4 is 0 Å². The molecule has 0 amide bonds. The van der Waals surface area contributed by atoms with E-state index in [0.717, 1.165) is 63.2 Å². The van der Waals surface area contributed by atoms with Crippen LogP contribution in [0.25, 0.3) is 0 Å². The predicted molar refractivity (Wildman–Crippen MR) is 165 cm³/mol. The number of allylic oxidation sites excluding steroid dienone is 3. The monoisotopic (exact) mass is 570 g/mol. The summed E-state index contributed by atoms with van der Waals surface area (Å²) in [4.78, 5) is 38.4. The molecule has 1 unspecified atom stereocenters. The van der Waals surface area contributed by atoms with Gasteiger partial charge in [-0.05, 0) is 110 Å². The molecule has 41 heavy (non-hydrogen) atoms. The number of hydrogen-bond donors (Lipinski definition) is 1. The summed E-state index contributed by atoms with van der Waals surface area (Å²) in [5, 5.41) is 10.1. The molecule has 3 rings (SSSR count). The van der Waals surface area contributed by atoms with E-state index in [1.165, 1.54) is 7.11 Å². The Balaban J connectivity index is 2.02. The molecule has 3 aliphatic carbocycles. The molecule has 0 aromatic carbocycles. The molecule has 5 nitrogen and oxygen atoms in total. The Bertz CT molecular complexity index is 1110. The molecule has 3 saturated carbocycles. The van der Waals surface area contributed by atoms with Crippen molar-refractivity contribution in [2.24, 2.45) is 44.3 Å². The highest BCUT2D eigenvalue weighted by molar-refractivity contribution is 6.01. The van der Waals surface area contributed by atoms with Crippen molar-refractivity contribution < 1.29 is 24.2 Å². The van der Waals surface area contributed by atoms with Crippen LogP contribution in [-0.2, 0) is 19.1 Å². The summed E-state index contributed by atoms with van der Waals surface area (Å²) in [6.07, 6.45) is 11.9.